The first-order valence-electron chi connectivity index (χ1n) is 6.24. The highest BCUT2D eigenvalue weighted by molar-refractivity contribution is 7.85. The standard InChI is InChI=1S/C16H14Cl2O2S/c1-3-8-21(19)16-10-13(6-4-11(16)2)20-15-7-5-12(17)9-14(15)18/h3-7,9-10H,1,8H2,2H3. The van der Waals surface area contributed by atoms with Crippen LogP contribution < -0.4 is 4.74 Å². The van der Waals surface area contributed by atoms with Crippen molar-refractivity contribution in [1.29, 1.82) is 0 Å². The third kappa shape index (κ3) is 4.10. The molecule has 2 nitrogen and oxygen atoms in total. The van der Waals surface area contributed by atoms with E-state index in [-0.39, 0.29) is 0 Å². The zero-order chi connectivity index (χ0) is 15.4. The molecule has 21 heavy (non-hydrogen) atoms. The predicted molar refractivity (Wildman–Crippen MR) is 89.2 cm³/mol. The molecule has 0 saturated carbocycles. The van der Waals surface area contributed by atoms with Crippen molar-refractivity contribution in [2.75, 3.05) is 5.75 Å². The van der Waals surface area contributed by atoms with Crippen LogP contribution in [0.5, 0.6) is 11.5 Å². The minimum absolute atomic E-state index is 0.409. The molecule has 0 spiro atoms. The van der Waals surface area contributed by atoms with E-state index < -0.39 is 10.8 Å². The van der Waals surface area contributed by atoms with Crippen LogP contribution in [-0.4, -0.2) is 9.96 Å². The van der Waals surface area contributed by atoms with Gasteiger partial charge < -0.3 is 4.74 Å². The molecule has 5 heteroatoms. The second-order valence-corrected chi connectivity index (χ2v) is 6.71. The van der Waals surface area contributed by atoms with E-state index >= 15 is 0 Å². The lowest BCUT2D eigenvalue weighted by atomic mass is 10.2. The molecule has 0 aliphatic heterocycles. The number of hydrogen-bond acceptors (Lipinski definition) is 2. The van der Waals surface area contributed by atoms with Crippen LogP contribution >= 0.6 is 23.2 Å². The van der Waals surface area contributed by atoms with Crippen molar-refractivity contribution in [3.8, 4) is 11.5 Å². The van der Waals surface area contributed by atoms with Crippen LogP contribution in [0.3, 0.4) is 0 Å². The minimum atomic E-state index is -1.12. The van der Waals surface area contributed by atoms with Gasteiger partial charge in [-0.15, -0.1) is 6.58 Å². The molecule has 2 aromatic rings. The fourth-order valence-electron chi connectivity index (χ4n) is 1.77. The normalized spacial score (nSPS) is 12.0. The molecule has 1 unspecified atom stereocenters. The monoisotopic (exact) mass is 340 g/mol. The third-order valence-electron chi connectivity index (χ3n) is 2.80. The second-order valence-electron chi connectivity index (χ2n) is 4.40. The fourth-order valence-corrected chi connectivity index (χ4v) is 3.29. The summed E-state index contributed by atoms with van der Waals surface area (Å²) in [5.41, 5.74) is 0.949. The molecular weight excluding hydrogens is 327 g/mol. The molecule has 0 heterocycles. The molecule has 0 aromatic heterocycles. The van der Waals surface area contributed by atoms with Crippen LogP contribution in [0.4, 0.5) is 0 Å². The largest absolute Gasteiger partial charge is 0.456 e. The molecule has 2 rings (SSSR count). The van der Waals surface area contributed by atoms with Crippen LogP contribution in [-0.2, 0) is 10.8 Å². The van der Waals surface area contributed by atoms with Crippen LogP contribution in [0.15, 0.2) is 53.9 Å². The van der Waals surface area contributed by atoms with E-state index in [2.05, 4.69) is 6.58 Å². The zero-order valence-corrected chi connectivity index (χ0v) is 13.8. The number of rotatable bonds is 5. The molecule has 0 saturated heterocycles. The van der Waals surface area contributed by atoms with E-state index in [9.17, 15) is 4.21 Å². The van der Waals surface area contributed by atoms with Gasteiger partial charge in [0.2, 0.25) is 0 Å². The Hall–Kier alpha value is -1.29. The number of hydrogen-bond donors (Lipinski definition) is 0. The first-order chi connectivity index (χ1) is 10.0. The van der Waals surface area contributed by atoms with E-state index in [1.54, 1.807) is 30.3 Å². The molecule has 0 amide bonds. The Morgan fingerprint density at radius 2 is 2.00 bits per heavy atom. The van der Waals surface area contributed by atoms with Gasteiger partial charge >= 0.3 is 0 Å². The minimum Gasteiger partial charge on any atom is -0.456 e. The van der Waals surface area contributed by atoms with E-state index in [4.69, 9.17) is 27.9 Å². The zero-order valence-electron chi connectivity index (χ0n) is 11.4. The summed E-state index contributed by atoms with van der Waals surface area (Å²) in [4.78, 5) is 0.734. The third-order valence-corrected chi connectivity index (χ3v) is 4.80. The smallest absolute Gasteiger partial charge is 0.146 e. The maximum atomic E-state index is 12.1. The lowest BCUT2D eigenvalue weighted by molar-refractivity contribution is 0.481. The van der Waals surface area contributed by atoms with Crippen molar-refractivity contribution in [2.24, 2.45) is 0 Å². The van der Waals surface area contributed by atoms with E-state index in [0.29, 0.717) is 27.3 Å². The Morgan fingerprint density at radius 3 is 2.67 bits per heavy atom. The lowest BCUT2D eigenvalue weighted by Crippen LogP contribution is -1.98. The number of aryl methyl sites for hydroxylation is 1. The molecule has 1 atom stereocenters. The number of halogens is 2. The second kappa shape index (κ2) is 7.12. The quantitative estimate of drug-likeness (QED) is 0.682. The molecule has 0 aliphatic rings. The van der Waals surface area contributed by atoms with Gasteiger partial charge in [-0.2, -0.15) is 0 Å². The summed E-state index contributed by atoms with van der Waals surface area (Å²) in [7, 11) is -1.12. The molecule has 0 bridgehead atoms. The van der Waals surface area contributed by atoms with Gasteiger partial charge in [0.25, 0.3) is 0 Å². The average Bonchev–Trinajstić information content (AvgIpc) is 2.44. The maximum absolute atomic E-state index is 12.1. The maximum Gasteiger partial charge on any atom is 0.146 e. The van der Waals surface area contributed by atoms with Gasteiger partial charge in [0.1, 0.15) is 11.5 Å². The van der Waals surface area contributed by atoms with Gasteiger partial charge in [0.15, 0.2) is 0 Å². The summed E-state index contributed by atoms with van der Waals surface area (Å²) in [5.74, 6) is 1.49. The topological polar surface area (TPSA) is 26.3 Å². The highest BCUT2D eigenvalue weighted by atomic mass is 35.5. The van der Waals surface area contributed by atoms with Crippen LogP contribution in [0.25, 0.3) is 0 Å². The highest BCUT2D eigenvalue weighted by Crippen LogP contribution is 2.32. The average molecular weight is 341 g/mol. The molecule has 0 fully saturated rings. The van der Waals surface area contributed by atoms with Gasteiger partial charge in [0, 0.05) is 15.7 Å². The summed E-state index contributed by atoms with van der Waals surface area (Å²) < 4.78 is 17.9. The van der Waals surface area contributed by atoms with Crippen molar-refractivity contribution in [3.05, 3.63) is 64.7 Å². The summed E-state index contributed by atoms with van der Waals surface area (Å²) in [6, 6.07) is 10.5. The molecule has 110 valence electrons. The van der Waals surface area contributed by atoms with Gasteiger partial charge in [-0.05, 0) is 42.8 Å². The van der Waals surface area contributed by atoms with Gasteiger partial charge in [0.05, 0.1) is 15.8 Å². The van der Waals surface area contributed by atoms with E-state index in [1.807, 2.05) is 19.1 Å². The SMILES string of the molecule is C=CCS(=O)c1cc(Oc2ccc(Cl)cc2Cl)ccc1C. The summed E-state index contributed by atoms with van der Waals surface area (Å²) in [6.45, 7) is 5.52. The van der Waals surface area contributed by atoms with Gasteiger partial charge in [-0.25, -0.2) is 0 Å². The number of benzene rings is 2. The van der Waals surface area contributed by atoms with Crippen molar-refractivity contribution < 1.29 is 8.95 Å². The lowest BCUT2D eigenvalue weighted by Gasteiger charge is -2.11. The van der Waals surface area contributed by atoms with Gasteiger partial charge in [-0.3, -0.25) is 4.21 Å². The predicted octanol–water partition coefficient (Wildman–Crippen LogP) is 5.39. The summed E-state index contributed by atoms with van der Waals surface area (Å²) in [5, 5.41) is 0.973. The fraction of sp³-hybridized carbons (Fsp3) is 0.125. The van der Waals surface area contributed by atoms with Crippen molar-refractivity contribution in [2.45, 2.75) is 11.8 Å². The molecule has 0 aliphatic carbocycles. The Balaban J connectivity index is 2.30. The molecule has 0 N–H and O–H groups in total. The van der Waals surface area contributed by atoms with Crippen LogP contribution in [0.2, 0.25) is 10.0 Å². The van der Waals surface area contributed by atoms with Gasteiger partial charge in [-0.1, -0.05) is 35.3 Å². The summed E-state index contributed by atoms with van der Waals surface area (Å²) >= 11 is 11.9. The Labute approximate surface area is 136 Å². The first-order valence-corrected chi connectivity index (χ1v) is 8.31. The van der Waals surface area contributed by atoms with Crippen LogP contribution in [0.1, 0.15) is 5.56 Å². The summed E-state index contributed by atoms with van der Waals surface area (Å²) in [6.07, 6.45) is 1.64. The molecular formula is C16H14Cl2O2S. The molecule has 0 radical (unpaired) electrons. The van der Waals surface area contributed by atoms with Crippen molar-refractivity contribution >= 4 is 34.0 Å². The Morgan fingerprint density at radius 1 is 1.24 bits per heavy atom. The first kappa shape index (κ1) is 16.1. The Kier molecular flexibility index (Phi) is 5.45. The molecule has 2 aromatic carbocycles. The number of ether oxygens (including phenoxy) is 1. The van der Waals surface area contributed by atoms with Crippen molar-refractivity contribution in [3.63, 3.8) is 0 Å². The van der Waals surface area contributed by atoms with Crippen molar-refractivity contribution in [1.82, 2.24) is 0 Å². The Bertz CT molecular complexity index is 699. The van der Waals surface area contributed by atoms with E-state index in [0.717, 1.165) is 10.5 Å². The highest BCUT2D eigenvalue weighted by Gasteiger charge is 2.10. The van der Waals surface area contributed by atoms with E-state index in [1.165, 1.54) is 0 Å². The van der Waals surface area contributed by atoms with Crippen LogP contribution in [0, 0.1) is 6.92 Å².